The second-order valence-electron chi connectivity index (χ2n) is 6.04. The van der Waals surface area contributed by atoms with E-state index < -0.39 is 15.4 Å². The highest BCUT2D eigenvalue weighted by Crippen LogP contribution is 2.36. The van der Waals surface area contributed by atoms with Crippen LogP contribution in [0.5, 0.6) is 0 Å². The van der Waals surface area contributed by atoms with Gasteiger partial charge in [0.05, 0.1) is 4.90 Å². The van der Waals surface area contributed by atoms with Gasteiger partial charge in [-0.05, 0) is 38.3 Å². The Morgan fingerprint density at radius 1 is 1.27 bits per heavy atom. The lowest BCUT2D eigenvalue weighted by molar-refractivity contribution is -0.130. The predicted molar refractivity (Wildman–Crippen MR) is 87.1 cm³/mol. The van der Waals surface area contributed by atoms with Crippen LogP contribution in [0, 0.1) is 12.3 Å². The molecule has 0 spiro atoms. The van der Waals surface area contributed by atoms with Crippen LogP contribution in [0.15, 0.2) is 41.8 Å². The molecule has 0 aromatic heterocycles. The van der Waals surface area contributed by atoms with Crippen LogP contribution in [0.25, 0.3) is 0 Å². The largest absolute Gasteiger partial charge is 0.299 e. The number of hydrogen-bond acceptors (Lipinski definition) is 3. The van der Waals surface area contributed by atoms with Crippen LogP contribution < -0.4 is 4.72 Å². The Morgan fingerprint density at radius 2 is 1.95 bits per heavy atom. The molecule has 1 N–H and O–H groups in total. The van der Waals surface area contributed by atoms with Gasteiger partial charge in [0.25, 0.3) is 0 Å². The minimum atomic E-state index is -3.59. The lowest BCUT2D eigenvalue weighted by atomic mass is 9.71. The second kappa shape index (κ2) is 6.75. The van der Waals surface area contributed by atoms with Crippen LogP contribution in [0.3, 0.4) is 0 Å². The number of carbonyl (C=O) groups is 1. The van der Waals surface area contributed by atoms with E-state index in [0.717, 1.165) is 18.4 Å². The Morgan fingerprint density at radius 3 is 2.55 bits per heavy atom. The van der Waals surface area contributed by atoms with Gasteiger partial charge in [0, 0.05) is 18.4 Å². The first-order chi connectivity index (χ1) is 10.4. The molecule has 0 bridgehead atoms. The van der Waals surface area contributed by atoms with E-state index in [0.29, 0.717) is 19.3 Å². The molecular formula is C17H23NO3S. The van der Waals surface area contributed by atoms with Crippen molar-refractivity contribution in [1.82, 2.24) is 4.72 Å². The molecule has 1 atom stereocenters. The van der Waals surface area contributed by atoms with Crippen LogP contribution in [0.2, 0.25) is 0 Å². The van der Waals surface area contributed by atoms with Gasteiger partial charge in [-0.25, -0.2) is 13.1 Å². The molecule has 4 nitrogen and oxygen atoms in total. The number of carbonyl (C=O) groups excluding carboxylic acids is 1. The summed E-state index contributed by atoms with van der Waals surface area (Å²) in [6, 6.07) is 6.70. The van der Waals surface area contributed by atoms with Crippen molar-refractivity contribution in [3.63, 3.8) is 0 Å². The van der Waals surface area contributed by atoms with Crippen molar-refractivity contribution in [2.24, 2.45) is 5.41 Å². The molecule has 5 heteroatoms. The highest BCUT2D eigenvalue weighted by molar-refractivity contribution is 7.89. The molecule has 1 fully saturated rings. The molecule has 0 heterocycles. The van der Waals surface area contributed by atoms with E-state index in [9.17, 15) is 13.2 Å². The van der Waals surface area contributed by atoms with Crippen LogP contribution in [-0.4, -0.2) is 20.7 Å². The first-order valence-electron chi connectivity index (χ1n) is 7.60. The summed E-state index contributed by atoms with van der Waals surface area (Å²) in [6.07, 6.45) is 5.31. The van der Waals surface area contributed by atoms with Gasteiger partial charge in [0.15, 0.2) is 0 Å². The SMILES string of the molecule is C=CCC1(CNS(=O)(=O)c2ccc(C)cc2)CCCCC1=O. The molecule has 22 heavy (non-hydrogen) atoms. The minimum absolute atomic E-state index is 0.144. The van der Waals surface area contributed by atoms with E-state index in [2.05, 4.69) is 11.3 Å². The van der Waals surface area contributed by atoms with Gasteiger partial charge in [0.2, 0.25) is 10.0 Å². The van der Waals surface area contributed by atoms with Gasteiger partial charge < -0.3 is 0 Å². The molecule has 0 aliphatic heterocycles. The molecule has 2 rings (SSSR count). The van der Waals surface area contributed by atoms with Crippen LogP contribution >= 0.6 is 0 Å². The van der Waals surface area contributed by atoms with E-state index in [1.165, 1.54) is 0 Å². The van der Waals surface area contributed by atoms with E-state index in [1.807, 2.05) is 6.92 Å². The fraction of sp³-hybridized carbons (Fsp3) is 0.471. The molecule has 0 radical (unpaired) electrons. The van der Waals surface area contributed by atoms with Gasteiger partial charge in [-0.2, -0.15) is 0 Å². The summed E-state index contributed by atoms with van der Waals surface area (Å²) in [5.74, 6) is 0.144. The molecule has 1 saturated carbocycles. The Bertz CT molecular complexity index is 649. The Kier molecular flexibility index (Phi) is 5.19. The van der Waals surface area contributed by atoms with Gasteiger partial charge in [-0.1, -0.05) is 30.2 Å². The lowest BCUT2D eigenvalue weighted by Crippen LogP contribution is -2.44. The summed E-state index contributed by atoms with van der Waals surface area (Å²) in [5.41, 5.74) is 0.377. The third kappa shape index (κ3) is 3.65. The highest BCUT2D eigenvalue weighted by Gasteiger charge is 2.39. The minimum Gasteiger partial charge on any atom is -0.299 e. The summed E-state index contributed by atoms with van der Waals surface area (Å²) >= 11 is 0. The maximum atomic E-state index is 12.4. The fourth-order valence-corrected chi connectivity index (χ4v) is 4.07. The number of benzene rings is 1. The van der Waals surface area contributed by atoms with E-state index in [1.54, 1.807) is 30.3 Å². The normalized spacial score (nSPS) is 22.5. The molecule has 1 aliphatic rings. The number of aryl methyl sites for hydroxylation is 1. The van der Waals surface area contributed by atoms with Crippen molar-refractivity contribution in [1.29, 1.82) is 0 Å². The molecule has 1 aromatic carbocycles. The average molecular weight is 321 g/mol. The fourth-order valence-electron chi connectivity index (χ4n) is 2.94. The Labute approximate surface area is 132 Å². The summed E-state index contributed by atoms with van der Waals surface area (Å²) < 4.78 is 27.4. The Hall–Kier alpha value is -1.46. The summed E-state index contributed by atoms with van der Waals surface area (Å²) in [7, 11) is -3.59. The number of nitrogens with one attached hydrogen (secondary N) is 1. The third-order valence-electron chi connectivity index (χ3n) is 4.37. The van der Waals surface area contributed by atoms with Crippen molar-refractivity contribution < 1.29 is 13.2 Å². The number of hydrogen-bond donors (Lipinski definition) is 1. The number of Topliss-reactive ketones (excluding diaryl/α,β-unsaturated/α-hetero) is 1. The van der Waals surface area contributed by atoms with E-state index in [4.69, 9.17) is 0 Å². The van der Waals surface area contributed by atoms with Crippen molar-refractivity contribution in [3.8, 4) is 0 Å². The van der Waals surface area contributed by atoms with E-state index in [-0.39, 0.29) is 17.2 Å². The standard InChI is InChI=1S/C17H23NO3S/c1-3-11-17(12-5-4-6-16(17)19)13-18-22(20,21)15-9-7-14(2)8-10-15/h3,7-10,18H,1,4-6,11-13H2,2H3. The summed E-state index contributed by atoms with van der Waals surface area (Å²) in [4.78, 5) is 12.6. The van der Waals surface area contributed by atoms with Crippen LogP contribution in [-0.2, 0) is 14.8 Å². The number of allylic oxidation sites excluding steroid dienone is 1. The smallest absolute Gasteiger partial charge is 0.240 e. The van der Waals surface area contributed by atoms with Crippen molar-refractivity contribution >= 4 is 15.8 Å². The quantitative estimate of drug-likeness (QED) is 0.819. The maximum Gasteiger partial charge on any atom is 0.240 e. The molecule has 120 valence electrons. The van der Waals surface area contributed by atoms with Crippen molar-refractivity contribution in [2.75, 3.05) is 6.54 Å². The Balaban J connectivity index is 2.16. The van der Waals surface area contributed by atoms with E-state index >= 15 is 0 Å². The first-order valence-corrected chi connectivity index (χ1v) is 9.08. The number of sulfonamides is 1. The highest BCUT2D eigenvalue weighted by atomic mass is 32.2. The zero-order valence-corrected chi connectivity index (χ0v) is 13.8. The van der Waals surface area contributed by atoms with Gasteiger partial charge in [-0.15, -0.1) is 6.58 Å². The predicted octanol–water partition coefficient (Wildman–Crippen LogP) is 2.98. The first kappa shape index (κ1) is 16.9. The molecule has 1 aromatic rings. The zero-order chi connectivity index (χ0) is 16.2. The van der Waals surface area contributed by atoms with Crippen LogP contribution in [0.4, 0.5) is 0 Å². The van der Waals surface area contributed by atoms with Crippen LogP contribution in [0.1, 0.15) is 37.7 Å². The monoisotopic (exact) mass is 321 g/mol. The lowest BCUT2D eigenvalue weighted by Gasteiger charge is -2.35. The zero-order valence-electron chi connectivity index (χ0n) is 13.0. The second-order valence-corrected chi connectivity index (χ2v) is 7.81. The van der Waals surface area contributed by atoms with Gasteiger partial charge in [0.1, 0.15) is 5.78 Å². The van der Waals surface area contributed by atoms with Crippen molar-refractivity contribution in [2.45, 2.75) is 43.9 Å². The molecule has 0 saturated heterocycles. The molecule has 1 unspecified atom stereocenters. The van der Waals surface area contributed by atoms with Gasteiger partial charge in [-0.3, -0.25) is 4.79 Å². The number of rotatable bonds is 6. The summed E-state index contributed by atoms with van der Waals surface area (Å²) in [5, 5.41) is 0. The maximum absolute atomic E-state index is 12.4. The average Bonchev–Trinajstić information content (AvgIpc) is 2.49. The number of ketones is 1. The topological polar surface area (TPSA) is 63.2 Å². The van der Waals surface area contributed by atoms with Crippen molar-refractivity contribution in [3.05, 3.63) is 42.5 Å². The molecule has 0 amide bonds. The van der Waals surface area contributed by atoms with Gasteiger partial charge >= 0.3 is 0 Å². The third-order valence-corrected chi connectivity index (χ3v) is 5.78. The summed E-state index contributed by atoms with van der Waals surface area (Å²) in [6.45, 7) is 5.77. The molecule has 1 aliphatic carbocycles. The molecular weight excluding hydrogens is 298 g/mol.